The van der Waals surface area contributed by atoms with Gasteiger partial charge in [-0.25, -0.2) is 4.68 Å². The summed E-state index contributed by atoms with van der Waals surface area (Å²) in [5.74, 6) is 0.476. The molecule has 1 atom stereocenters. The second kappa shape index (κ2) is 9.35. The summed E-state index contributed by atoms with van der Waals surface area (Å²) in [4.78, 5) is 19.0. The van der Waals surface area contributed by atoms with Crippen molar-refractivity contribution in [3.05, 3.63) is 71.8 Å². The summed E-state index contributed by atoms with van der Waals surface area (Å²) >= 11 is 0. The summed E-state index contributed by atoms with van der Waals surface area (Å²) in [7, 11) is 0. The lowest BCUT2D eigenvalue weighted by Crippen LogP contribution is -2.41. The van der Waals surface area contributed by atoms with Crippen LogP contribution in [0.2, 0.25) is 0 Å². The van der Waals surface area contributed by atoms with Crippen molar-refractivity contribution in [3.8, 4) is 0 Å². The zero-order valence-electron chi connectivity index (χ0n) is 16.0. The van der Waals surface area contributed by atoms with Crippen molar-refractivity contribution in [2.45, 2.75) is 19.1 Å². The Morgan fingerprint density at radius 2 is 1.90 bits per heavy atom. The quantitative estimate of drug-likeness (QED) is 0.634. The van der Waals surface area contributed by atoms with E-state index in [1.54, 1.807) is 10.9 Å². The van der Waals surface area contributed by atoms with Gasteiger partial charge in [0.15, 0.2) is 5.82 Å². The molecule has 0 unspecified atom stereocenters. The first-order chi connectivity index (χ1) is 14.3. The summed E-state index contributed by atoms with van der Waals surface area (Å²) in [5.41, 5.74) is 1.88. The molecule has 4 rings (SSSR count). The van der Waals surface area contributed by atoms with Gasteiger partial charge in [-0.05, 0) is 28.1 Å². The second-order valence-corrected chi connectivity index (χ2v) is 6.75. The normalized spacial score (nSPS) is 15.7. The predicted molar refractivity (Wildman–Crippen MR) is 105 cm³/mol. The number of pyridine rings is 1. The van der Waals surface area contributed by atoms with E-state index >= 15 is 0 Å². The molecule has 150 valence electrons. The summed E-state index contributed by atoms with van der Waals surface area (Å²) in [6.07, 6.45) is 1.70. The number of tetrazole rings is 1. The molecule has 3 aromatic rings. The maximum atomic E-state index is 12.5. The zero-order valence-corrected chi connectivity index (χ0v) is 16.0. The van der Waals surface area contributed by atoms with E-state index in [2.05, 4.69) is 42.9 Å². The summed E-state index contributed by atoms with van der Waals surface area (Å²) in [5, 5.41) is 15.1. The minimum Gasteiger partial charge on any atom is -0.379 e. The van der Waals surface area contributed by atoms with E-state index in [0.717, 1.165) is 24.3 Å². The summed E-state index contributed by atoms with van der Waals surface area (Å²) < 4.78 is 7.07. The molecule has 1 N–H and O–H groups in total. The number of aromatic nitrogens is 5. The van der Waals surface area contributed by atoms with E-state index in [0.29, 0.717) is 25.6 Å². The van der Waals surface area contributed by atoms with Crippen LogP contribution in [0.25, 0.3) is 0 Å². The lowest BCUT2D eigenvalue weighted by Gasteiger charge is -2.33. The van der Waals surface area contributed by atoms with Crippen LogP contribution in [0.5, 0.6) is 0 Å². The van der Waals surface area contributed by atoms with Gasteiger partial charge in [-0.2, -0.15) is 0 Å². The largest absolute Gasteiger partial charge is 0.379 e. The van der Waals surface area contributed by atoms with E-state index in [-0.39, 0.29) is 18.5 Å². The number of ether oxygens (including phenoxy) is 1. The molecule has 0 radical (unpaired) electrons. The van der Waals surface area contributed by atoms with Crippen LogP contribution in [0.4, 0.5) is 0 Å². The Morgan fingerprint density at radius 3 is 2.66 bits per heavy atom. The van der Waals surface area contributed by atoms with Gasteiger partial charge in [0.25, 0.3) is 0 Å². The average molecular weight is 393 g/mol. The van der Waals surface area contributed by atoms with E-state index in [1.165, 1.54) is 0 Å². The van der Waals surface area contributed by atoms with E-state index in [9.17, 15) is 4.79 Å². The molecular formula is C20H23N7O2. The molecule has 1 aromatic carbocycles. The van der Waals surface area contributed by atoms with Crippen molar-refractivity contribution in [2.75, 3.05) is 26.3 Å². The third-order valence-corrected chi connectivity index (χ3v) is 4.82. The van der Waals surface area contributed by atoms with Crippen LogP contribution in [0.1, 0.15) is 23.1 Å². The highest BCUT2D eigenvalue weighted by atomic mass is 16.5. The third kappa shape index (κ3) is 4.82. The Morgan fingerprint density at radius 1 is 1.10 bits per heavy atom. The molecule has 0 saturated carbocycles. The lowest BCUT2D eigenvalue weighted by molar-refractivity contribution is -0.122. The van der Waals surface area contributed by atoms with Crippen LogP contribution < -0.4 is 5.32 Å². The fourth-order valence-electron chi connectivity index (χ4n) is 3.40. The molecule has 9 nitrogen and oxygen atoms in total. The van der Waals surface area contributed by atoms with Crippen molar-refractivity contribution in [1.82, 2.24) is 35.4 Å². The van der Waals surface area contributed by atoms with Crippen LogP contribution in [-0.2, 0) is 22.6 Å². The molecule has 29 heavy (non-hydrogen) atoms. The highest BCUT2D eigenvalue weighted by Gasteiger charge is 2.29. The minimum atomic E-state index is -0.169. The molecule has 1 amide bonds. The second-order valence-electron chi connectivity index (χ2n) is 6.75. The Kier molecular flexibility index (Phi) is 6.18. The maximum absolute atomic E-state index is 12.5. The van der Waals surface area contributed by atoms with Crippen LogP contribution >= 0.6 is 0 Å². The van der Waals surface area contributed by atoms with Gasteiger partial charge in [0, 0.05) is 19.3 Å². The van der Waals surface area contributed by atoms with E-state index < -0.39 is 0 Å². The number of hydrogen-bond donors (Lipinski definition) is 1. The third-order valence-electron chi connectivity index (χ3n) is 4.82. The average Bonchev–Trinajstić information content (AvgIpc) is 3.22. The van der Waals surface area contributed by atoms with Gasteiger partial charge in [0.2, 0.25) is 5.91 Å². The molecule has 1 aliphatic rings. The monoisotopic (exact) mass is 393 g/mol. The first-order valence-corrected chi connectivity index (χ1v) is 9.60. The standard InChI is InChI=1S/C20H23N7O2/c28-18(22-14-17-8-4-5-9-21-17)15-27-20(23-24-25-27)19(16-6-2-1-3-7-16)26-10-12-29-13-11-26/h1-9,19H,10-15H2,(H,22,28)/t19-/m1/s1. The number of rotatable bonds is 7. The van der Waals surface area contributed by atoms with Crippen molar-refractivity contribution in [2.24, 2.45) is 0 Å². The lowest BCUT2D eigenvalue weighted by atomic mass is 10.0. The van der Waals surface area contributed by atoms with Crippen LogP contribution in [0.15, 0.2) is 54.7 Å². The highest BCUT2D eigenvalue weighted by molar-refractivity contribution is 5.75. The van der Waals surface area contributed by atoms with E-state index in [1.807, 2.05) is 36.4 Å². The SMILES string of the molecule is O=C(Cn1nnnc1[C@@H](c1ccccc1)N1CCOCC1)NCc1ccccn1. The molecule has 1 fully saturated rings. The van der Waals surface area contributed by atoms with Crippen molar-refractivity contribution in [3.63, 3.8) is 0 Å². The van der Waals surface area contributed by atoms with Gasteiger partial charge >= 0.3 is 0 Å². The smallest absolute Gasteiger partial charge is 0.242 e. The molecule has 0 spiro atoms. The number of nitrogens with one attached hydrogen (secondary N) is 1. The Hall–Kier alpha value is -3.17. The molecular weight excluding hydrogens is 370 g/mol. The number of morpholine rings is 1. The molecule has 0 bridgehead atoms. The van der Waals surface area contributed by atoms with Crippen molar-refractivity contribution in [1.29, 1.82) is 0 Å². The molecule has 1 saturated heterocycles. The van der Waals surface area contributed by atoms with Gasteiger partial charge in [-0.1, -0.05) is 36.4 Å². The minimum absolute atomic E-state index is 0.0445. The fraction of sp³-hybridized carbons (Fsp3) is 0.350. The van der Waals surface area contributed by atoms with Gasteiger partial charge in [0.05, 0.1) is 31.5 Å². The molecule has 0 aliphatic carbocycles. The van der Waals surface area contributed by atoms with Crippen LogP contribution in [0, 0.1) is 0 Å². The predicted octanol–water partition coefficient (Wildman–Crippen LogP) is 0.806. The van der Waals surface area contributed by atoms with Crippen LogP contribution in [-0.4, -0.2) is 62.3 Å². The van der Waals surface area contributed by atoms with Crippen molar-refractivity contribution < 1.29 is 9.53 Å². The van der Waals surface area contributed by atoms with Gasteiger partial charge in [-0.3, -0.25) is 14.7 Å². The first kappa shape index (κ1) is 19.2. The van der Waals surface area contributed by atoms with Crippen molar-refractivity contribution >= 4 is 5.91 Å². The Balaban J connectivity index is 1.51. The zero-order chi connectivity index (χ0) is 19.9. The maximum Gasteiger partial charge on any atom is 0.242 e. The topological polar surface area (TPSA) is 98.1 Å². The van der Waals surface area contributed by atoms with Gasteiger partial charge < -0.3 is 10.1 Å². The highest BCUT2D eigenvalue weighted by Crippen LogP contribution is 2.27. The Bertz CT molecular complexity index is 911. The summed E-state index contributed by atoms with van der Waals surface area (Å²) in [6, 6.07) is 15.5. The number of amides is 1. The molecule has 1 aliphatic heterocycles. The molecule has 9 heteroatoms. The molecule has 3 heterocycles. The van der Waals surface area contributed by atoms with Gasteiger partial charge in [-0.15, -0.1) is 5.10 Å². The number of carbonyl (C=O) groups excluding carboxylic acids is 1. The van der Waals surface area contributed by atoms with Gasteiger partial charge in [0.1, 0.15) is 6.54 Å². The number of benzene rings is 1. The number of nitrogens with zero attached hydrogens (tertiary/aromatic N) is 6. The number of hydrogen-bond acceptors (Lipinski definition) is 7. The first-order valence-electron chi connectivity index (χ1n) is 9.60. The summed E-state index contributed by atoms with van der Waals surface area (Å²) in [6.45, 7) is 3.28. The number of carbonyl (C=O) groups is 1. The van der Waals surface area contributed by atoms with E-state index in [4.69, 9.17) is 4.74 Å². The Labute approximate surface area is 168 Å². The molecule has 2 aromatic heterocycles. The van der Waals surface area contributed by atoms with Crippen LogP contribution in [0.3, 0.4) is 0 Å². The fourth-order valence-corrected chi connectivity index (χ4v) is 3.40.